The van der Waals surface area contributed by atoms with Gasteiger partial charge in [0.05, 0.1) is 22.7 Å². The summed E-state index contributed by atoms with van der Waals surface area (Å²) in [6, 6.07) is 6.38. The van der Waals surface area contributed by atoms with Gasteiger partial charge < -0.3 is 4.74 Å². The highest BCUT2D eigenvalue weighted by Gasteiger charge is 2.22. The van der Waals surface area contributed by atoms with E-state index in [2.05, 4.69) is 14.9 Å². The Balaban J connectivity index is 1.95. The molecule has 26 heavy (non-hydrogen) atoms. The Morgan fingerprint density at radius 1 is 1.23 bits per heavy atom. The molecule has 3 aromatic rings. The zero-order chi connectivity index (χ0) is 19.1. The van der Waals surface area contributed by atoms with Crippen molar-refractivity contribution in [3.8, 4) is 16.3 Å². The van der Waals surface area contributed by atoms with Gasteiger partial charge in [-0.3, -0.25) is 9.82 Å². The molecular formula is C17H18ClN3O3S2. The number of rotatable bonds is 5. The average molecular weight is 412 g/mol. The first-order valence-electron chi connectivity index (χ1n) is 7.71. The molecule has 0 spiro atoms. The summed E-state index contributed by atoms with van der Waals surface area (Å²) in [4.78, 5) is 1.72. The van der Waals surface area contributed by atoms with Crippen molar-refractivity contribution in [2.75, 3.05) is 11.8 Å². The highest BCUT2D eigenvalue weighted by molar-refractivity contribution is 7.93. The van der Waals surface area contributed by atoms with Gasteiger partial charge in [-0.05, 0) is 50.6 Å². The number of sulfonamides is 1. The Labute approximate surface area is 161 Å². The lowest BCUT2D eigenvalue weighted by Gasteiger charge is -2.09. The van der Waals surface area contributed by atoms with Crippen molar-refractivity contribution in [1.29, 1.82) is 0 Å². The van der Waals surface area contributed by atoms with E-state index in [4.69, 9.17) is 16.3 Å². The third-order valence-corrected chi connectivity index (χ3v) is 7.04. The molecule has 0 unspecified atom stereocenters. The fourth-order valence-electron chi connectivity index (χ4n) is 2.51. The Morgan fingerprint density at radius 2 is 1.96 bits per heavy atom. The third-order valence-electron chi connectivity index (χ3n) is 4.05. The number of nitrogens with one attached hydrogen (secondary N) is 2. The maximum absolute atomic E-state index is 12.8. The average Bonchev–Trinajstić information content (AvgIpc) is 3.11. The lowest BCUT2D eigenvalue weighted by atomic mass is 10.2. The first kappa shape index (κ1) is 18.8. The zero-order valence-corrected chi connectivity index (χ0v) is 17.1. The molecule has 138 valence electrons. The van der Waals surface area contributed by atoms with Gasteiger partial charge in [0.15, 0.2) is 0 Å². The first-order valence-corrected chi connectivity index (χ1v) is 10.4. The summed E-state index contributed by atoms with van der Waals surface area (Å²) in [5.74, 6) is 0.480. The second-order valence-corrected chi connectivity index (χ2v) is 9.12. The van der Waals surface area contributed by atoms with Crippen molar-refractivity contribution in [1.82, 2.24) is 10.2 Å². The van der Waals surface area contributed by atoms with E-state index >= 15 is 0 Å². The zero-order valence-electron chi connectivity index (χ0n) is 14.7. The van der Waals surface area contributed by atoms with Crippen LogP contribution in [0.5, 0.6) is 5.75 Å². The molecule has 3 rings (SSSR count). The van der Waals surface area contributed by atoms with Crippen LogP contribution in [0.2, 0.25) is 5.02 Å². The SMILES string of the molecule is COc1ccc(NS(=O)(=O)c2cc(-c3n[nH]c(C)c3C)sc2C)cc1Cl. The molecule has 2 heterocycles. The topological polar surface area (TPSA) is 84.1 Å². The minimum atomic E-state index is -3.75. The lowest BCUT2D eigenvalue weighted by Crippen LogP contribution is -2.13. The van der Waals surface area contributed by atoms with Crippen molar-refractivity contribution in [2.45, 2.75) is 25.7 Å². The van der Waals surface area contributed by atoms with Crippen molar-refractivity contribution >= 4 is 38.6 Å². The number of nitrogens with zero attached hydrogens (tertiary/aromatic N) is 1. The Bertz CT molecular complexity index is 1070. The number of anilines is 1. The van der Waals surface area contributed by atoms with Crippen LogP contribution >= 0.6 is 22.9 Å². The Hall–Kier alpha value is -2.03. The molecule has 0 atom stereocenters. The lowest BCUT2D eigenvalue weighted by molar-refractivity contribution is 0.415. The molecule has 0 amide bonds. The summed E-state index contributed by atoms with van der Waals surface area (Å²) >= 11 is 7.46. The van der Waals surface area contributed by atoms with Gasteiger partial charge in [-0.25, -0.2) is 8.42 Å². The van der Waals surface area contributed by atoms with Gasteiger partial charge in [0, 0.05) is 10.6 Å². The first-order chi connectivity index (χ1) is 12.2. The molecule has 2 N–H and O–H groups in total. The van der Waals surface area contributed by atoms with E-state index in [1.165, 1.54) is 24.5 Å². The minimum absolute atomic E-state index is 0.226. The summed E-state index contributed by atoms with van der Waals surface area (Å²) in [6.07, 6.45) is 0. The quantitative estimate of drug-likeness (QED) is 0.646. The monoisotopic (exact) mass is 411 g/mol. The number of hydrogen-bond donors (Lipinski definition) is 2. The molecule has 0 fully saturated rings. The molecule has 0 aliphatic rings. The third kappa shape index (κ3) is 3.44. The van der Waals surface area contributed by atoms with Crippen molar-refractivity contribution in [2.24, 2.45) is 0 Å². The predicted molar refractivity (Wildman–Crippen MR) is 105 cm³/mol. The van der Waals surface area contributed by atoms with Gasteiger partial charge in [-0.15, -0.1) is 11.3 Å². The van der Waals surface area contributed by atoms with Crippen LogP contribution in [0.25, 0.3) is 10.6 Å². The van der Waals surface area contributed by atoms with E-state index in [0.717, 1.165) is 21.8 Å². The highest BCUT2D eigenvalue weighted by atomic mass is 35.5. The van der Waals surface area contributed by atoms with E-state index in [1.54, 1.807) is 25.1 Å². The van der Waals surface area contributed by atoms with Gasteiger partial charge in [0.1, 0.15) is 16.3 Å². The van der Waals surface area contributed by atoms with Crippen LogP contribution < -0.4 is 9.46 Å². The molecule has 0 aliphatic carbocycles. The van der Waals surface area contributed by atoms with Crippen molar-refractivity contribution in [3.63, 3.8) is 0 Å². The van der Waals surface area contributed by atoms with Gasteiger partial charge >= 0.3 is 0 Å². The van der Waals surface area contributed by atoms with Crippen molar-refractivity contribution in [3.05, 3.63) is 45.4 Å². The molecule has 0 saturated carbocycles. The van der Waals surface area contributed by atoms with Gasteiger partial charge in [-0.2, -0.15) is 5.10 Å². The number of ether oxygens (including phenoxy) is 1. The molecule has 6 nitrogen and oxygen atoms in total. The smallest absolute Gasteiger partial charge is 0.263 e. The number of H-pyrrole nitrogens is 1. The molecule has 0 radical (unpaired) electrons. The van der Waals surface area contributed by atoms with E-state index in [9.17, 15) is 8.42 Å². The molecule has 0 bridgehead atoms. The van der Waals surface area contributed by atoms with Crippen molar-refractivity contribution < 1.29 is 13.2 Å². The van der Waals surface area contributed by atoms with Crippen LogP contribution in [0.4, 0.5) is 5.69 Å². The predicted octanol–water partition coefficient (Wildman–Crippen LogP) is 4.53. The maximum Gasteiger partial charge on any atom is 0.263 e. The summed E-state index contributed by atoms with van der Waals surface area (Å²) in [6.45, 7) is 5.66. The number of thiophene rings is 1. The molecular weight excluding hydrogens is 394 g/mol. The van der Waals surface area contributed by atoms with E-state index in [-0.39, 0.29) is 4.90 Å². The summed E-state index contributed by atoms with van der Waals surface area (Å²) < 4.78 is 33.3. The molecule has 2 aromatic heterocycles. The number of hydrogen-bond acceptors (Lipinski definition) is 5. The van der Waals surface area contributed by atoms with Crippen LogP contribution in [-0.2, 0) is 10.0 Å². The normalized spacial score (nSPS) is 11.6. The molecule has 0 saturated heterocycles. The minimum Gasteiger partial charge on any atom is -0.495 e. The van der Waals surface area contributed by atoms with E-state index in [0.29, 0.717) is 21.3 Å². The highest BCUT2D eigenvalue weighted by Crippen LogP contribution is 2.36. The maximum atomic E-state index is 12.8. The van der Waals surface area contributed by atoms with Crippen LogP contribution in [0, 0.1) is 20.8 Å². The summed E-state index contributed by atoms with van der Waals surface area (Å²) in [5.41, 5.74) is 3.10. The van der Waals surface area contributed by atoms with Gasteiger partial charge in [0.2, 0.25) is 0 Å². The number of halogens is 1. The number of benzene rings is 1. The van der Waals surface area contributed by atoms with E-state index in [1.807, 2.05) is 13.8 Å². The molecule has 9 heteroatoms. The van der Waals surface area contributed by atoms with Crippen LogP contribution in [0.3, 0.4) is 0 Å². The van der Waals surface area contributed by atoms with Crippen LogP contribution in [0.15, 0.2) is 29.2 Å². The second kappa shape index (κ2) is 6.94. The Morgan fingerprint density at radius 3 is 2.54 bits per heavy atom. The summed E-state index contributed by atoms with van der Waals surface area (Å²) in [7, 11) is -2.25. The summed E-state index contributed by atoms with van der Waals surface area (Å²) in [5, 5.41) is 7.53. The fraction of sp³-hybridized carbons (Fsp3) is 0.235. The fourth-order valence-corrected chi connectivity index (χ4v) is 5.46. The standard InChI is InChI=1S/C17H18ClN3O3S2/c1-9-10(2)19-20-17(9)15-8-16(11(3)25-15)26(22,23)21-12-5-6-14(24-4)13(18)7-12/h5-8,21H,1-4H3,(H,19,20). The van der Waals surface area contributed by atoms with E-state index < -0.39 is 10.0 Å². The number of aromatic amines is 1. The number of aryl methyl sites for hydroxylation is 2. The largest absolute Gasteiger partial charge is 0.495 e. The number of aromatic nitrogens is 2. The Kier molecular flexibility index (Phi) is 5.01. The van der Waals surface area contributed by atoms with Crippen LogP contribution in [-0.4, -0.2) is 25.7 Å². The van der Waals surface area contributed by atoms with Gasteiger partial charge in [-0.1, -0.05) is 11.6 Å². The molecule has 0 aliphatic heterocycles. The van der Waals surface area contributed by atoms with Gasteiger partial charge in [0.25, 0.3) is 10.0 Å². The van der Waals surface area contributed by atoms with Crippen LogP contribution in [0.1, 0.15) is 16.1 Å². The number of methoxy groups -OCH3 is 1. The second-order valence-electron chi connectivity index (χ2n) is 5.81. The molecule has 1 aromatic carbocycles.